The van der Waals surface area contributed by atoms with E-state index in [0.717, 1.165) is 20.1 Å². The number of carbonyl (C=O) groups is 2. The number of ether oxygens (including phenoxy) is 1. The first-order chi connectivity index (χ1) is 15.2. The zero-order chi connectivity index (χ0) is 25.0. The Bertz CT molecular complexity index is 994. The molecule has 0 bridgehead atoms. The lowest BCUT2D eigenvalue weighted by atomic mass is 9.87. The maximum atomic E-state index is 13.2. The fraction of sp³-hybridized carbons (Fsp3) is 0.462. The predicted molar refractivity (Wildman–Crippen MR) is 140 cm³/mol. The molecule has 0 aliphatic rings. The number of halogens is 2. The first-order valence-electron chi connectivity index (χ1n) is 11.0. The Kier molecular flexibility index (Phi) is 9.16. The van der Waals surface area contributed by atoms with Crippen molar-refractivity contribution in [3.63, 3.8) is 0 Å². The Morgan fingerprint density at radius 1 is 1.03 bits per heavy atom. The molecular formula is C26H34Br2N2O3. The Hall–Kier alpha value is -1.86. The number of hydrogen-bond donors (Lipinski definition) is 1. The zero-order valence-corrected chi connectivity index (χ0v) is 23.6. The van der Waals surface area contributed by atoms with E-state index in [1.54, 1.807) is 11.8 Å². The van der Waals surface area contributed by atoms with Gasteiger partial charge in [-0.2, -0.15) is 0 Å². The van der Waals surface area contributed by atoms with E-state index in [4.69, 9.17) is 4.74 Å². The highest BCUT2D eigenvalue weighted by molar-refractivity contribution is 9.10. The molecular weight excluding hydrogens is 548 g/mol. The second kappa shape index (κ2) is 11.0. The van der Waals surface area contributed by atoms with Gasteiger partial charge in [0.1, 0.15) is 11.8 Å². The lowest BCUT2D eigenvalue weighted by Gasteiger charge is -2.31. The van der Waals surface area contributed by atoms with Crippen molar-refractivity contribution in [2.45, 2.75) is 72.0 Å². The topological polar surface area (TPSA) is 58.6 Å². The predicted octanol–water partition coefficient (Wildman–Crippen LogP) is 6.22. The van der Waals surface area contributed by atoms with E-state index in [2.05, 4.69) is 57.9 Å². The molecule has 5 nitrogen and oxygen atoms in total. The summed E-state index contributed by atoms with van der Waals surface area (Å²) in [4.78, 5) is 27.7. The van der Waals surface area contributed by atoms with Crippen LogP contribution < -0.4 is 10.1 Å². The Balaban J connectivity index is 2.21. The summed E-state index contributed by atoms with van der Waals surface area (Å²) in [6.45, 7) is 14.0. The summed E-state index contributed by atoms with van der Waals surface area (Å²) in [5, 5.41) is 2.96. The average molecular weight is 582 g/mol. The van der Waals surface area contributed by atoms with Crippen LogP contribution in [0.3, 0.4) is 0 Å². The minimum absolute atomic E-state index is 0.00741. The summed E-state index contributed by atoms with van der Waals surface area (Å²) in [6.07, 6.45) is 0. The maximum absolute atomic E-state index is 13.2. The minimum Gasteiger partial charge on any atom is -0.483 e. The highest BCUT2D eigenvalue weighted by Gasteiger charge is 2.29. The maximum Gasteiger partial charge on any atom is 0.261 e. The van der Waals surface area contributed by atoms with Gasteiger partial charge in [-0.1, -0.05) is 54.9 Å². The van der Waals surface area contributed by atoms with Gasteiger partial charge in [0.25, 0.3) is 5.91 Å². The van der Waals surface area contributed by atoms with Crippen LogP contribution in [0, 0.1) is 0 Å². The number of carbonyl (C=O) groups excluding carboxylic acids is 2. The second-order valence-corrected chi connectivity index (χ2v) is 12.0. The fourth-order valence-electron chi connectivity index (χ4n) is 3.20. The summed E-state index contributed by atoms with van der Waals surface area (Å²) in [5.74, 6) is 0.116. The van der Waals surface area contributed by atoms with Gasteiger partial charge in [-0.3, -0.25) is 9.59 Å². The van der Waals surface area contributed by atoms with Crippen LogP contribution in [-0.2, 0) is 21.5 Å². The van der Waals surface area contributed by atoms with Gasteiger partial charge in [0.05, 0.1) is 4.47 Å². The summed E-state index contributed by atoms with van der Waals surface area (Å²) in [5.41, 5.74) is 1.69. The van der Waals surface area contributed by atoms with Gasteiger partial charge in [0, 0.05) is 16.6 Å². The van der Waals surface area contributed by atoms with Crippen molar-refractivity contribution in [3.05, 3.63) is 62.5 Å². The molecule has 0 aliphatic carbocycles. The summed E-state index contributed by atoms with van der Waals surface area (Å²) in [6, 6.07) is 12.9. The molecule has 33 heavy (non-hydrogen) atoms. The van der Waals surface area contributed by atoms with Gasteiger partial charge in [-0.25, -0.2) is 0 Å². The van der Waals surface area contributed by atoms with Crippen LogP contribution in [0.15, 0.2) is 51.4 Å². The van der Waals surface area contributed by atoms with Gasteiger partial charge >= 0.3 is 0 Å². The average Bonchev–Trinajstić information content (AvgIpc) is 2.68. The molecule has 0 radical (unpaired) electrons. The Morgan fingerprint density at radius 2 is 1.70 bits per heavy atom. The molecule has 7 heteroatoms. The number of rotatable bonds is 7. The van der Waals surface area contributed by atoms with Crippen molar-refractivity contribution in [1.29, 1.82) is 0 Å². The highest BCUT2D eigenvalue weighted by Crippen LogP contribution is 2.31. The molecule has 1 unspecified atom stereocenters. The van der Waals surface area contributed by atoms with Crippen LogP contribution >= 0.6 is 31.9 Å². The third kappa shape index (κ3) is 8.45. The lowest BCUT2D eigenvalue weighted by Crippen LogP contribution is -2.53. The molecule has 0 fully saturated rings. The van der Waals surface area contributed by atoms with Crippen LogP contribution in [-0.4, -0.2) is 34.9 Å². The van der Waals surface area contributed by atoms with Crippen molar-refractivity contribution in [2.75, 3.05) is 6.61 Å². The van der Waals surface area contributed by atoms with Crippen LogP contribution in [0.4, 0.5) is 0 Å². The monoisotopic (exact) mass is 580 g/mol. The van der Waals surface area contributed by atoms with Crippen LogP contribution in [0.25, 0.3) is 0 Å². The molecule has 0 saturated carbocycles. The molecule has 180 valence electrons. The highest BCUT2D eigenvalue weighted by atomic mass is 79.9. The third-order valence-electron chi connectivity index (χ3n) is 5.06. The Morgan fingerprint density at radius 3 is 2.24 bits per heavy atom. The minimum atomic E-state index is -0.661. The molecule has 2 aromatic carbocycles. The largest absolute Gasteiger partial charge is 0.483 e. The molecule has 0 saturated heterocycles. The van der Waals surface area contributed by atoms with Gasteiger partial charge in [0.15, 0.2) is 6.61 Å². The third-order valence-corrected chi connectivity index (χ3v) is 6.17. The number of benzene rings is 2. The normalized spacial score (nSPS) is 12.8. The molecule has 0 aliphatic heterocycles. The van der Waals surface area contributed by atoms with Crippen molar-refractivity contribution >= 4 is 43.7 Å². The fourth-order valence-corrected chi connectivity index (χ4v) is 4.14. The number of amides is 2. The standard InChI is InChI=1S/C26H34Br2N2O3/c1-17(24(32)29-26(5,6)7)30(15-18-9-8-10-20(27)13-18)23(31)16-33-22-12-11-19(14-21(22)28)25(2,3)4/h8-14,17H,15-16H2,1-7H3,(H,29,32). The molecule has 2 aromatic rings. The molecule has 0 spiro atoms. The van der Waals surface area contributed by atoms with Crippen molar-refractivity contribution in [3.8, 4) is 5.75 Å². The molecule has 0 heterocycles. The zero-order valence-electron chi connectivity index (χ0n) is 20.5. The Labute approximate surface area is 214 Å². The van der Waals surface area contributed by atoms with Crippen LogP contribution in [0.5, 0.6) is 5.75 Å². The molecule has 2 rings (SSSR count). The number of nitrogens with zero attached hydrogens (tertiary/aromatic N) is 1. The second-order valence-electron chi connectivity index (χ2n) is 10.3. The molecule has 0 aromatic heterocycles. The molecule has 2 amide bonds. The van der Waals surface area contributed by atoms with Crippen molar-refractivity contribution in [1.82, 2.24) is 10.2 Å². The summed E-state index contributed by atoms with van der Waals surface area (Å²) in [7, 11) is 0. The van der Waals surface area contributed by atoms with E-state index in [9.17, 15) is 9.59 Å². The SMILES string of the molecule is CC(C(=O)NC(C)(C)C)N(Cc1cccc(Br)c1)C(=O)COc1ccc(C(C)(C)C)cc1Br. The first-order valence-corrected chi connectivity index (χ1v) is 12.5. The van der Waals surface area contributed by atoms with E-state index in [1.807, 2.05) is 63.2 Å². The van der Waals surface area contributed by atoms with Crippen molar-refractivity contribution < 1.29 is 14.3 Å². The van der Waals surface area contributed by atoms with E-state index in [0.29, 0.717) is 12.3 Å². The van der Waals surface area contributed by atoms with Crippen LogP contribution in [0.1, 0.15) is 59.6 Å². The molecule has 1 N–H and O–H groups in total. The van der Waals surface area contributed by atoms with E-state index < -0.39 is 11.6 Å². The van der Waals surface area contributed by atoms with Crippen LogP contribution in [0.2, 0.25) is 0 Å². The van der Waals surface area contributed by atoms with Crippen molar-refractivity contribution in [2.24, 2.45) is 0 Å². The van der Waals surface area contributed by atoms with Gasteiger partial charge < -0.3 is 15.0 Å². The quantitative estimate of drug-likeness (QED) is 0.422. The lowest BCUT2D eigenvalue weighted by molar-refractivity contribution is -0.142. The molecule has 1 atom stereocenters. The van der Waals surface area contributed by atoms with Gasteiger partial charge in [-0.05, 0) is 84.4 Å². The number of nitrogens with one attached hydrogen (secondary N) is 1. The smallest absolute Gasteiger partial charge is 0.261 e. The van der Waals surface area contributed by atoms with Gasteiger partial charge in [0.2, 0.25) is 5.91 Å². The van der Waals surface area contributed by atoms with E-state index in [-0.39, 0.29) is 23.8 Å². The first kappa shape index (κ1) is 27.4. The van der Waals surface area contributed by atoms with E-state index in [1.165, 1.54) is 0 Å². The number of hydrogen-bond acceptors (Lipinski definition) is 3. The van der Waals surface area contributed by atoms with E-state index >= 15 is 0 Å². The summed E-state index contributed by atoms with van der Waals surface area (Å²) < 4.78 is 7.57. The summed E-state index contributed by atoms with van der Waals surface area (Å²) >= 11 is 7.03. The van der Waals surface area contributed by atoms with Gasteiger partial charge in [-0.15, -0.1) is 0 Å².